The third-order valence-corrected chi connectivity index (χ3v) is 5.49. The minimum atomic E-state index is -3.03. The van der Waals surface area contributed by atoms with Crippen molar-refractivity contribution in [3.05, 3.63) is 0 Å². The summed E-state index contributed by atoms with van der Waals surface area (Å²) in [7, 11) is -3.03. The van der Waals surface area contributed by atoms with Gasteiger partial charge in [0.25, 0.3) is 0 Å². The van der Waals surface area contributed by atoms with E-state index in [0.717, 1.165) is 0 Å². The van der Waals surface area contributed by atoms with Gasteiger partial charge >= 0.3 is 0 Å². The molecule has 0 aromatic carbocycles. The highest BCUT2D eigenvalue weighted by atomic mass is 32.2. The van der Waals surface area contributed by atoms with Crippen LogP contribution >= 0.6 is 0 Å². The van der Waals surface area contributed by atoms with Gasteiger partial charge < -0.3 is 0 Å². The van der Waals surface area contributed by atoms with Gasteiger partial charge in [-0.05, 0) is 30.6 Å². The van der Waals surface area contributed by atoms with Crippen molar-refractivity contribution < 1.29 is 8.42 Å². The molecule has 2 nitrogen and oxygen atoms in total. The molecule has 0 amide bonds. The predicted molar refractivity (Wildman–Crippen MR) is 76.0 cm³/mol. The molecule has 0 spiro atoms. The van der Waals surface area contributed by atoms with Crippen LogP contribution < -0.4 is 0 Å². The molecule has 0 aromatic heterocycles. The Bertz CT molecular complexity index is 323. The molecular weight excluding hydrogens is 232 g/mol. The first-order valence-electron chi connectivity index (χ1n) is 6.45. The summed E-state index contributed by atoms with van der Waals surface area (Å²) in [5.41, 5.74) is 0.0600. The van der Waals surface area contributed by atoms with Crippen LogP contribution in [0, 0.1) is 10.8 Å². The molecule has 104 valence electrons. The zero-order chi connectivity index (χ0) is 14.1. The third kappa shape index (κ3) is 5.41. The lowest BCUT2D eigenvalue weighted by Gasteiger charge is -2.39. The monoisotopic (exact) mass is 262 g/mol. The second-order valence-electron chi connectivity index (χ2n) is 7.83. The van der Waals surface area contributed by atoms with Crippen molar-refractivity contribution in [3.63, 3.8) is 0 Å². The number of sulfone groups is 1. The van der Waals surface area contributed by atoms with Crippen LogP contribution in [-0.2, 0) is 9.84 Å². The van der Waals surface area contributed by atoms with Gasteiger partial charge in [-0.1, -0.05) is 48.5 Å². The van der Waals surface area contributed by atoms with Crippen molar-refractivity contribution >= 4 is 9.84 Å². The molecule has 0 saturated carbocycles. The first-order valence-corrected chi connectivity index (χ1v) is 8.10. The lowest BCUT2D eigenvalue weighted by atomic mass is 9.77. The number of rotatable bonds is 4. The van der Waals surface area contributed by atoms with E-state index in [9.17, 15) is 8.42 Å². The molecule has 0 aliphatic heterocycles. The number of hydrogen-bond acceptors (Lipinski definition) is 2. The van der Waals surface area contributed by atoms with Crippen LogP contribution in [-0.4, -0.2) is 18.9 Å². The van der Waals surface area contributed by atoms with Crippen molar-refractivity contribution in [1.29, 1.82) is 0 Å². The van der Waals surface area contributed by atoms with Crippen LogP contribution in [0.5, 0.6) is 0 Å². The summed E-state index contributed by atoms with van der Waals surface area (Å²) in [6.45, 7) is 16.3. The number of hydrogen-bond donors (Lipinski definition) is 0. The summed E-state index contributed by atoms with van der Waals surface area (Å²) >= 11 is 0. The molecule has 0 atom stereocenters. The van der Waals surface area contributed by atoms with E-state index >= 15 is 0 Å². The normalized spacial score (nSPS) is 15.1. The fourth-order valence-electron chi connectivity index (χ4n) is 2.87. The molecule has 0 N–H and O–H groups in total. The van der Waals surface area contributed by atoms with Crippen LogP contribution in [0.15, 0.2) is 0 Å². The highest BCUT2D eigenvalue weighted by Crippen LogP contribution is 2.41. The molecule has 0 radical (unpaired) electrons. The van der Waals surface area contributed by atoms with Gasteiger partial charge in [0.05, 0.1) is 4.75 Å². The quantitative estimate of drug-likeness (QED) is 0.766. The maximum Gasteiger partial charge on any atom is 0.155 e. The van der Waals surface area contributed by atoms with Crippen LogP contribution in [0.4, 0.5) is 0 Å². The standard InChI is InChI=1S/C14H30O2S/c1-9-17(15,16)14(8,10-12(2,3)4)11-13(5,6)7/h9-11H2,1-8H3. The summed E-state index contributed by atoms with van der Waals surface area (Å²) in [4.78, 5) is 0. The molecule has 0 fully saturated rings. The molecule has 0 aliphatic rings. The van der Waals surface area contributed by atoms with Crippen LogP contribution in [0.25, 0.3) is 0 Å². The van der Waals surface area contributed by atoms with Crippen LogP contribution in [0.2, 0.25) is 0 Å². The molecule has 0 bridgehead atoms. The molecule has 17 heavy (non-hydrogen) atoms. The van der Waals surface area contributed by atoms with Gasteiger partial charge in [0.1, 0.15) is 0 Å². The highest BCUT2D eigenvalue weighted by molar-refractivity contribution is 7.92. The van der Waals surface area contributed by atoms with E-state index in [4.69, 9.17) is 0 Å². The van der Waals surface area contributed by atoms with Gasteiger partial charge in [0.15, 0.2) is 9.84 Å². The Morgan fingerprint density at radius 1 is 0.765 bits per heavy atom. The second-order valence-corrected chi connectivity index (χ2v) is 10.6. The smallest absolute Gasteiger partial charge is 0.155 e. The zero-order valence-corrected chi connectivity index (χ0v) is 13.7. The Labute approximate surface area is 108 Å². The Balaban J connectivity index is 5.39. The van der Waals surface area contributed by atoms with Crippen molar-refractivity contribution in [3.8, 4) is 0 Å². The van der Waals surface area contributed by atoms with E-state index in [1.54, 1.807) is 6.92 Å². The fourth-order valence-corrected chi connectivity index (χ4v) is 4.88. The first kappa shape index (κ1) is 16.9. The molecular formula is C14H30O2S. The van der Waals surface area contributed by atoms with Crippen molar-refractivity contribution in [2.75, 3.05) is 5.75 Å². The average molecular weight is 262 g/mol. The summed E-state index contributed by atoms with van der Waals surface area (Å²) in [6.07, 6.45) is 1.43. The minimum absolute atomic E-state index is 0.0300. The SMILES string of the molecule is CCS(=O)(=O)C(C)(CC(C)(C)C)CC(C)(C)C. The molecule has 0 heterocycles. The predicted octanol–water partition coefficient (Wildman–Crippen LogP) is 4.05. The van der Waals surface area contributed by atoms with E-state index < -0.39 is 14.6 Å². The van der Waals surface area contributed by atoms with E-state index in [1.807, 2.05) is 6.92 Å². The van der Waals surface area contributed by atoms with E-state index in [1.165, 1.54) is 0 Å². The lowest BCUT2D eigenvalue weighted by Crippen LogP contribution is -2.43. The van der Waals surface area contributed by atoms with E-state index in [2.05, 4.69) is 41.5 Å². The lowest BCUT2D eigenvalue weighted by molar-refractivity contribution is 0.247. The van der Waals surface area contributed by atoms with Gasteiger partial charge in [-0.3, -0.25) is 0 Å². The Kier molecular flexibility index (Phi) is 4.89. The highest BCUT2D eigenvalue weighted by Gasteiger charge is 2.43. The van der Waals surface area contributed by atoms with Crippen molar-refractivity contribution in [1.82, 2.24) is 0 Å². The van der Waals surface area contributed by atoms with E-state index in [-0.39, 0.29) is 16.6 Å². The zero-order valence-electron chi connectivity index (χ0n) is 12.8. The Morgan fingerprint density at radius 3 is 1.24 bits per heavy atom. The van der Waals surface area contributed by atoms with E-state index in [0.29, 0.717) is 12.8 Å². The summed E-state index contributed by atoms with van der Waals surface area (Å²) in [5.74, 6) is 0.232. The largest absolute Gasteiger partial charge is 0.228 e. The molecule has 3 heteroatoms. The van der Waals surface area contributed by atoms with Gasteiger partial charge in [0.2, 0.25) is 0 Å². The molecule has 0 aliphatic carbocycles. The van der Waals surface area contributed by atoms with Crippen LogP contribution in [0.1, 0.15) is 68.2 Å². The van der Waals surface area contributed by atoms with Gasteiger partial charge in [-0.2, -0.15) is 0 Å². The summed E-state index contributed by atoms with van der Waals surface area (Å²) in [6, 6.07) is 0. The first-order chi connectivity index (χ1) is 7.22. The maximum absolute atomic E-state index is 12.4. The topological polar surface area (TPSA) is 34.1 Å². The van der Waals surface area contributed by atoms with Gasteiger partial charge in [-0.25, -0.2) is 8.42 Å². The second kappa shape index (κ2) is 4.91. The fraction of sp³-hybridized carbons (Fsp3) is 1.00. The maximum atomic E-state index is 12.4. The average Bonchev–Trinajstić information content (AvgIpc) is 1.96. The molecule has 0 saturated heterocycles. The minimum Gasteiger partial charge on any atom is -0.228 e. The summed E-state index contributed by atoms with van der Waals surface area (Å²) < 4.78 is 24.1. The van der Waals surface area contributed by atoms with Gasteiger partial charge in [-0.15, -0.1) is 0 Å². The summed E-state index contributed by atoms with van der Waals surface area (Å²) in [5, 5.41) is 0. The van der Waals surface area contributed by atoms with Crippen molar-refractivity contribution in [2.24, 2.45) is 10.8 Å². The molecule has 0 unspecified atom stereocenters. The van der Waals surface area contributed by atoms with Crippen LogP contribution in [0.3, 0.4) is 0 Å². The Hall–Kier alpha value is -0.0500. The van der Waals surface area contributed by atoms with Gasteiger partial charge in [0, 0.05) is 5.75 Å². The molecule has 0 aromatic rings. The third-order valence-electron chi connectivity index (χ3n) is 2.94. The Morgan fingerprint density at radius 2 is 1.06 bits per heavy atom. The van der Waals surface area contributed by atoms with Crippen molar-refractivity contribution in [2.45, 2.75) is 73.0 Å². The molecule has 0 rings (SSSR count).